The predicted molar refractivity (Wildman–Crippen MR) is 147 cm³/mol. The van der Waals surface area contributed by atoms with Gasteiger partial charge in [0.15, 0.2) is 0 Å². The fraction of sp³-hybridized carbons (Fsp3) is 0.345. The average Bonchev–Trinajstić information content (AvgIpc) is 3.43. The molecule has 0 radical (unpaired) electrons. The highest BCUT2D eigenvalue weighted by Gasteiger charge is 2.44. The number of nitrogens with zero attached hydrogens (tertiary/aromatic N) is 8. The summed E-state index contributed by atoms with van der Waals surface area (Å²) in [6.07, 6.45) is 8.29. The molecule has 4 fully saturated rings. The van der Waals surface area contributed by atoms with E-state index >= 15 is 0 Å². The molecule has 0 spiro atoms. The SMILES string of the molecule is COc1ccc(CN2C3CC2CN(c2ccc(-c4cc(N5CCOCC5=O)cn5ncc(C#N)c45)cn2)C3)cn1. The number of morpholine rings is 1. The highest BCUT2D eigenvalue weighted by Crippen LogP contribution is 2.37. The number of aromatic nitrogens is 4. The van der Waals surface area contributed by atoms with Crippen molar-refractivity contribution < 1.29 is 14.3 Å². The lowest BCUT2D eigenvalue weighted by Crippen LogP contribution is -2.68. The van der Waals surface area contributed by atoms with Gasteiger partial charge in [0.05, 0.1) is 42.9 Å². The molecule has 11 nitrogen and oxygen atoms in total. The molecule has 4 saturated heterocycles. The third-order valence-corrected chi connectivity index (χ3v) is 8.11. The lowest BCUT2D eigenvalue weighted by molar-refractivity contribution is -0.125. The van der Waals surface area contributed by atoms with Crippen molar-refractivity contribution in [2.45, 2.75) is 25.0 Å². The lowest BCUT2D eigenvalue weighted by Gasteiger charge is -2.56. The summed E-state index contributed by atoms with van der Waals surface area (Å²) in [6, 6.07) is 13.2. The minimum atomic E-state index is -0.0985. The summed E-state index contributed by atoms with van der Waals surface area (Å²) >= 11 is 0. The Kier molecular flexibility index (Phi) is 6.06. The molecule has 2 unspecified atom stereocenters. The van der Waals surface area contributed by atoms with Crippen LogP contribution in [-0.2, 0) is 16.1 Å². The number of piperazine rings is 1. The zero-order valence-corrected chi connectivity index (χ0v) is 22.1. The van der Waals surface area contributed by atoms with Crippen LogP contribution in [0.1, 0.15) is 17.5 Å². The molecule has 2 atom stereocenters. The minimum absolute atomic E-state index is 0.0540. The Hall–Kier alpha value is -4.53. The molecule has 4 aromatic heterocycles. The Morgan fingerprint density at radius 1 is 1.12 bits per heavy atom. The number of rotatable bonds is 6. The second kappa shape index (κ2) is 9.89. The second-order valence-corrected chi connectivity index (χ2v) is 10.4. The van der Waals surface area contributed by atoms with Crippen LogP contribution in [0.15, 0.2) is 55.1 Å². The summed E-state index contributed by atoms with van der Waals surface area (Å²) in [5.41, 5.74) is 4.76. The van der Waals surface area contributed by atoms with Crippen molar-refractivity contribution in [3.05, 3.63) is 66.2 Å². The molecule has 4 aliphatic heterocycles. The number of hydrogen-bond donors (Lipinski definition) is 0. The Labute approximate surface area is 231 Å². The molecule has 40 heavy (non-hydrogen) atoms. The van der Waals surface area contributed by atoms with Crippen LogP contribution in [-0.4, -0.2) is 82.4 Å². The number of pyridine rings is 3. The molecule has 4 aromatic rings. The fourth-order valence-corrected chi connectivity index (χ4v) is 6.05. The summed E-state index contributed by atoms with van der Waals surface area (Å²) in [7, 11) is 1.63. The van der Waals surface area contributed by atoms with Crippen LogP contribution in [0.25, 0.3) is 16.6 Å². The van der Waals surface area contributed by atoms with Gasteiger partial charge >= 0.3 is 0 Å². The van der Waals surface area contributed by atoms with Crippen molar-refractivity contribution >= 4 is 22.9 Å². The van der Waals surface area contributed by atoms with E-state index < -0.39 is 0 Å². The largest absolute Gasteiger partial charge is 0.481 e. The monoisotopic (exact) mass is 536 g/mol. The predicted octanol–water partition coefficient (Wildman–Crippen LogP) is 2.50. The smallest absolute Gasteiger partial charge is 0.253 e. The van der Waals surface area contributed by atoms with E-state index in [2.05, 4.69) is 32.0 Å². The molecule has 8 heterocycles. The zero-order valence-electron chi connectivity index (χ0n) is 22.1. The lowest BCUT2D eigenvalue weighted by atomic mass is 9.87. The van der Waals surface area contributed by atoms with Gasteiger partial charge in [0, 0.05) is 67.8 Å². The fourth-order valence-electron chi connectivity index (χ4n) is 6.05. The Morgan fingerprint density at radius 3 is 2.70 bits per heavy atom. The van der Waals surface area contributed by atoms with Gasteiger partial charge in [0.25, 0.3) is 5.91 Å². The highest BCUT2D eigenvalue weighted by atomic mass is 16.5. The van der Waals surface area contributed by atoms with Crippen LogP contribution < -0.4 is 14.5 Å². The summed E-state index contributed by atoms with van der Waals surface area (Å²) in [5, 5.41) is 14.1. The molecule has 1 amide bonds. The zero-order chi connectivity index (χ0) is 27.2. The van der Waals surface area contributed by atoms with Gasteiger partial charge in [-0.2, -0.15) is 10.4 Å². The van der Waals surface area contributed by atoms with Crippen molar-refractivity contribution in [2.75, 3.05) is 49.8 Å². The van der Waals surface area contributed by atoms with E-state index in [9.17, 15) is 10.1 Å². The number of methoxy groups -OCH3 is 1. The molecule has 4 aliphatic rings. The van der Waals surface area contributed by atoms with E-state index in [0.717, 1.165) is 42.3 Å². The second-order valence-electron chi connectivity index (χ2n) is 10.4. The number of anilines is 2. The summed E-state index contributed by atoms with van der Waals surface area (Å²) in [6.45, 7) is 3.73. The quantitative estimate of drug-likeness (QED) is 0.367. The van der Waals surface area contributed by atoms with E-state index in [4.69, 9.17) is 14.5 Å². The molecular formula is C29H28N8O3. The van der Waals surface area contributed by atoms with Crippen LogP contribution in [0.4, 0.5) is 11.5 Å². The first kappa shape index (κ1) is 24.5. The summed E-state index contributed by atoms with van der Waals surface area (Å²) in [4.78, 5) is 28.3. The van der Waals surface area contributed by atoms with E-state index in [0.29, 0.717) is 42.2 Å². The molecule has 0 aromatic carbocycles. The number of carbonyl (C=O) groups is 1. The maximum Gasteiger partial charge on any atom is 0.253 e. The standard InChI is InChI=1S/C29H28N8O3/c1-39-27-5-2-19(11-32-27)14-36-22-8-23(36)16-34(15-22)26-4-3-20(12-31-26)25-9-24(35-6-7-40-18-28(35)38)17-37-29(25)21(10-30)13-33-37/h2-5,9,11-13,17,22-23H,6-8,14-16,18H2,1H3. The number of ether oxygens (including phenoxy) is 2. The normalized spacial score (nSPS) is 20.9. The third kappa shape index (κ3) is 4.22. The van der Waals surface area contributed by atoms with Crippen LogP contribution in [0.3, 0.4) is 0 Å². The molecule has 0 saturated carbocycles. The van der Waals surface area contributed by atoms with Crippen LogP contribution in [0.5, 0.6) is 5.88 Å². The maximum absolute atomic E-state index is 12.5. The van der Waals surface area contributed by atoms with Gasteiger partial charge in [-0.25, -0.2) is 14.5 Å². The molecular weight excluding hydrogens is 508 g/mol. The Morgan fingerprint density at radius 2 is 2.00 bits per heavy atom. The molecule has 202 valence electrons. The number of nitriles is 1. The van der Waals surface area contributed by atoms with E-state index in [1.165, 1.54) is 12.0 Å². The first-order valence-corrected chi connectivity index (χ1v) is 13.4. The van der Waals surface area contributed by atoms with E-state index in [1.807, 2.05) is 36.7 Å². The van der Waals surface area contributed by atoms with Crippen LogP contribution in [0, 0.1) is 11.3 Å². The third-order valence-electron chi connectivity index (χ3n) is 8.11. The van der Waals surface area contributed by atoms with Crippen molar-refractivity contribution in [3.8, 4) is 23.1 Å². The first-order chi connectivity index (χ1) is 19.6. The van der Waals surface area contributed by atoms with Gasteiger partial charge < -0.3 is 19.3 Å². The minimum Gasteiger partial charge on any atom is -0.481 e. The number of fused-ring (bicyclic) bond motifs is 3. The average molecular weight is 537 g/mol. The van der Waals surface area contributed by atoms with Gasteiger partial charge in [0.1, 0.15) is 18.5 Å². The molecule has 8 rings (SSSR count). The number of carbonyl (C=O) groups excluding carboxylic acids is 1. The Bertz CT molecular complexity index is 1600. The number of piperidine rings is 1. The van der Waals surface area contributed by atoms with Crippen molar-refractivity contribution in [1.29, 1.82) is 5.26 Å². The van der Waals surface area contributed by atoms with Gasteiger partial charge in [-0.3, -0.25) is 9.69 Å². The van der Waals surface area contributed by atoms with E-state index in [1.54, 1.807) is 28.9 Å². The first-order valence-electron chi connectivity index (χ1n) is 13.4. The maximum atomic E-state index is 12.5. The summed E-state index contributed by atoms with van der Waals surface area (Å²) < 4.78 is 12.2. The number of amides is 1. The number of hydrogen-bond acceptors (Lipinski definition) is 9. The topological polar surface area (TPSA) is 112 Å². The summed E-state index contributed by atoms with van der Waals surface area (Å²) in [5.74, 6) is 1.47. The Balaban J connectivity index is 1.12. The molecule has 0 aliphatic carbocycles. The van der Waals surface area contributed by atoms with Gasteiger partial charge in [-0.05, 0) is 30.2 Å². The van der Waals surface area contributed by atoms with E-state index in [-0.39, 0.29) is 12.5 Å². The molecule has 2 bridgehead atoms. The molecule has 11 heteroatoms. The van der Waals surface area contributed by atoms with Crippen molar-refractivity contribution in [3.63, 3.8) is 0 Å². The van der Waals surface area contributed by atoms with Crippen LogP contribution >= 0.6 is 0 Å². The van der Waals surface area contributed by atoms with Crippen molar-refractivity contribution in [2.24, 2.45) is 0 Å². The van der Waals surface area contributed by atoms with Gasteiger partial charge in [-0.15, -0.1) is 0 Å². The highest BCUT2D eigenvalue weighted by molar-refractivity contribution is 5.97. The molecule has 0 N–H and O–H groups in total. The van der Waals surface area contributed by atoms with Gasteiger partial charge in [0.2, 0.25) is 5.88 Å². The van der Waals surface area contributed by atoms with Gasteiger partial charge in [-0.1, -0.05) is 6.07 Å². The van der Waals surface area contributed by atoms with Crippen molar-refractivity contribution in [1.82, 2.24) is 24.5 Å². The van der Waals surface area contributed by atoms with Crippen LogP contribution in [0.2, 0.25) is 0 Å².